The number of halogens is 1. The Kier molecular flexibility index (Phi) is 6.49. The quantitative estimate of drug-likeness (QED) is 0.617. The molecule has 1 N–H and O–H groups in total. The number of hydrogen-bond acceptors (Lipinski definition) is 3. The number of aromatic nitrogens is 2. The Hall–Kier alpha value is -2.63. The number of carbonyl (C=O) groups is 1. The molecule has 0 aliphatic carbocycles. The molecule has 0 saturated carbocycles. The topological polar surface area (TPSA) is 58.4 Å². The van der Waals surface area contributed by atoms with Crippen molar-refractivity contribution >= 4 is 17.5 Å². The Labute approximate surface area is 170 Å². The van der Waals surface area contributed by atoms with Crippen molar-refractivity contribution in [3.8, 4) is 5.82 Å². The predicted octanol–water partition coefficient (Wildman–Crippen LogP) is 3.79. The summed E-state index contributed by atoms with van der Waals surface area (Å²) < 4.78 is 2.05. The maximum Gasteiger partial charge on any atom is 0.237 e. The van der Waals surface area contributed by atoms with Crippen LogP contribution in [0.1, 0.15) is 28.6 Å². The van der Waals surface area contributed by atoms with E-state index in [4.69, 9.17) is 11.6 Å². The molecule has 28 heavy (non-hydrogen) atoms. The molecule has 1 aromatic carbocycles. The van der Waals surface area contributed by atoms with E-state index in [0.29, 0.717) is 12.1 Å². The van der Waals surface area contributed by atoms with Gasteiger partial charge in [-0.2, -0.15) is 0 Å². The average Bonchev–Trinajstić information content (AvgIpc) is 3.05. The summed E-state index contributed by atoms with van der Waals surface area (Å²) in [5, 5.41) is 10.7. The second-order valence-electron chi connectivity index (χ2n) is 6.81. The molecule has 2 heterocycles. The summed E-state index contributed by atoms with van der Waals surface area (Å²) in [6, 6.07) is 17.5. The molecule has 0 radical (unpaired) electrons. The van der Waals surface area contributed by atoms with Gasteiger partial charge in [-0.3, -0.25) is 4.79 Å². The average molecular weight is 398 g/mol. The lowest BCUT2D eigenvalue weighted by atomic mass is 10.1. The van der Waals surface area contributed by atoms with Gasteiger partial charge in [-0.1, -0.05) is 36.4 Å². The summed E-state index contributed by atoms with van der Waals surface area (Å²) in [7, 11) is 0. The molecule has 146 valence electrons. The third-order valence-electron chi connectivity index (χ3n) is 4.73. The largest absolute Gasteiger partial charge is 0.386 e. The van der Waals surface area contributed by atoms with Gasteiger partial charge in [0.15, 0.2) is 0 Å². The van der Waals surface area contributed by atoms with E-state index in [2.05, 4.69) is 9.55 Å². The van der Waals surface area contributed by atoms with Crippen molar-refractivity contribution in [1.29, 1.82) is 0 Å². The summed E-state index contributed by atoms with van der Waals surface area (Å²) in [5.41, 5.74) is 3.84. The lowest BCUT2D eigenvalue weighted by Gasteiger charge is -2.25. The highest BCUT2D eigenvalue weighted by Gasteiger charge is 2.19. The van der Waals surface area contributed by atoms with E-state index >= 15 is 0 Å². The molecule has 3 aromatic rings. The zero-order valence-corrected chi connectivity index (χ0v) is 16.8. The van der Waals surface area contributed by atoms with Gasteiger partial charge < -0.3 is 14.6 Å². The molecular formula is C22H24ClN3O2. The van der Waals surface area contributed by atoms with E-state index in [-0.39, 0.29) is 18.3 Å². The minimum atomic E-state index is -0.843. The molecule has 2 aromatic heterocycles. The van der Waals surface area contributed by atoms with Crippen molar-refractivity contribution in [2.24, 2.45) is 0 Å². The van der Waals surface area contributed by atoms with E-state index in [1.807, 2.05) is 68.4 Å². The van der Waals surface area contributed by atoms with Crippen LogP contribution in [0.25, 0.3) is 5.82 Å². The molecule has 0 aliphatic rings. The van der Waals surface area contributed by atoms with Gasteiger partial charge in [0.2, 0.25) is 5.91 Å². The Morgan fingerprint density at radius 3 is 2.36 bits per heavy atom. The summed E-state index contributed by atoms with van der Waals surface area (Å²) in [5.74, 6) is 0.463. The van der Waals surface area contributed by atoms with Gasteiger partial charge in [0.25, 0.3) is 0 Å². The van der Waals surface area contributed by atoms with Gasteiger partial charge in [-0.25, -0.2) is 4.98 Å². The van der Waals surface area contributed by atoms with Crippen LogP contribution >= 0.6 is 11.6 Å². The van der Waals surface area contributed by atoms with Crippen molar-refractivity contribution in [3.05, 3.63) is 83.3 Å². The Morgan fingerprint density at radius 2 is 1.79 bits per heavy atom. The molecule has 6 heteroatoms. The maximum atomic E-state index is 12.2. The summed E-state index contributed by atoms with van der Waals surface area (Å²) >= 11 is 5.76. The van der Waals surface area contributed by atoms with Gasteiger partial charge in [0, 0.05) is 29.7 Å². The van der Waals surface area contributed by atoms with E-state index in [1.54, 1.807) is 11.1 Å². The number of aliphatic hydroxyl groups is 1. The first-order valence-corrected chi connectivity index (χ1v) is 9.70. The van der Waals surface area contributed by atoms with Gasteiger partial charge in [-0.15, -0.1) is 11.6 Å². The van der Waals surface area contributed by atoms with E-state index < -0.39 is 6.10 Å². The number of benzene rings is 1. The van der Waals surface area contributed by atoms with Crippen molar-refractivity contribution < 1.29 is 9.90 Å². The number of aryl methyl sites for hydroxylation is 2. The smallest absolute Gasteiger partial charge is 0.237 e. The van der Waals surface area contributed by atoms with Crippen LogP contribution in [-0.2, 0) is 11.3 Å². The maximum absolute atomic E-state index is 12.2. The van der Waals surface area contributed by atoms with Crippen molar-refractivity contribution in [3.63, 3.8) is 0 Å². The highest BCUT2D eigenvalue weighted by Crippen LogP contribution is 2.19. The lowest BCUT2D eigenvalue weighted by Crippen LogP contribution is -2.35. The van der Waals surface area contributed by atoms with Crippen LogP contribution in [0.5, 0.6) is 0 Å². The standard InChI is InChI=1S/C22H24ClN3O2/c1-16-8-9-17(2)26(16)21-11-10-19(13-24-21)20(27)15-25(22(28)12-23)14-18-6-4-3-5-7-18/h3-11,13,20,27H,12,14-15H2,1-2H3. The third-order valence-corrected chi connectivity index (χ3v) is 4.96. The fourth-order valence-electron chi connectivity index (χ4n) is 3.21. The Bertz CT molecular complexity index is 903. The highest BCUT2D eigenvalue weighted by atomic mass is 35.5. The second kappa shape index (κ2) is 9.04. The summed E-state index contributed by atoms with van der Waals surface area (Å²) in [6.07, 6.45) is 0.814. The van der Waals surface area contributed by atoms with Crippen LogP contribution in [0.15, 0.2) is 60.8 Å². The fraction of sp³-hybridized carbons (Fsp3) is 0.273. The zero-order chi connectivity index (χ0) is 20.1. The molecule has 0 fully saturated rings. The number of carbonyl (C=O) groups excluding carboxylic acids is 1. The minimum Gasteiger partial charge on any atom is -0.386 e. The van der Waals surface area contributed by atoms with Gasteiger partial charge in [0.05, 0.1) is 12.6 Å². The molecule has 1 atom stereocenters. The van der Waals surface area contributed by atoms with Crippen molar-refractivity contribution in [2.75, 3.05) is 12.4 Å². The number of rotatable bonds is 7. The van der Waals surface area contributed by atoms with Gasteiger partial charge >= 0.3 is 0 Å². The fourth-order valence-corrected chi connectivity index (χ4v) is 3.38. The minimum absolute atomic E-state index is 0.122. The van der Waals surface area contributed by atoms with Crippen LogP contribution in [0.4, 0.5) is 0 Å². The summed E-state index contributed by atoms with van der Waals surface area (Å²) in [6.45, 7) is 4.60. The van der Waals surface area contributed by atoms with Crippen LogP contribution in [0.3, 0.4) is 0 Å². The molecule has 0 spiro atoms. The Balaban J connectivity index is 1.74. The lowest BCUT2D eigenvalue weighted by molar-refractivity contribution is -0.130. The van der Waals surface area contributed by atoms with Crippen molar-refractivity contribution in [2.45, 2.75) is 26.5 Å². The zero-order valence-electron chi connectivity index (χ0n) is 16.0. The first-order valence-electron chi connectivity index (χ1n) is 9.16. The molecule has 5 nitrogen and oxygen atoms in total. The number of alkyl halides is 1. The molecule has 1 unspecified atom stereocenters. The van der Waals surface area contributed by atoms with Crippen LogP contribution in [-0.4, -0.2) is 37.9 Å². The third kappa shape index (κ3) is 4.61. The first kappa shape index (κ1) is 20.1. The number of pyridine rings is 1. The molecule has 0 bridgehead atoms. The molecule has 3 rings (SSSR count). The van der Waals surface area contributed by atoms with E-state index in [1.165, 1.54) is 0 Å². The van der Waals surface area contributed by atoms with Crippen LogP contribution < -0.4 is 0 Å². The normalized spacial score (nSPS) is 12.0. The van der Waals surface area contributed by atoms with E-state index in [9.17, 15) is 9.90 Å². The van der Waals surface area contributed by atoms with Crippen molar-refractivity contribution in [1.82, 2.24) is 14.5 Å². The number of nitrogens with zero attached hydrogens (tertiary/aromatic N) is 3. The number of amides is 1. The second-order valence-corrected chi connectivity index (χ2v) is 7.08. The molecule has 0 saturated heterocycles. The van der Waals surface area contributed by atoms with Gasteiger partial charge in [-0.05, 0) is 37.6 Å². The van der Waals surface area contributed by atoms with Crippen LogP contribution in [0.2, 0.25) is 0 Å². The monoisotopic (exact) mass is 397 g/mol. The SMILES string of the molecule is Cc1ccc(C)n1-c1ccc(C(O)CN(Cc2ccccc2)C(=O)CCl)cn1. The summed E-state index contributed by atoms with van der Waals surface area (Å²) in [4.78, 5) is 18.3. The molecule has 0 aliphatic heterocycles. The molecular weight excluding hydrogens is 374 g/mol. The molecule has 1 amide bonds. The predicted molar refractivity (Wildman–Crippen MR) is 111 cm³/mol. The Morgan fingerprint density at radius 1 is 1.11 bits per heavy atom. The highest BCUT2D eigenvalue weighted by molar-refractivity contribution is 6.27. The van der Waals surface area contributed by atoms with E-state index in [0.717, 1.165) is 22.8 Å². The van der Waals surface area contributed by atoms with Crippen LogP contribution in [0, 0.1) is 13.8 Å². The first-order chi connectivity index (χ1) is 13.5. The number of aliphatic hydroxyl groups excluding tert-OH is 1. The number of hydrogen-bond donors (Lipinski definition) is 1. The van der Waals surface area contributed by atoms with Gasteiger partial charge in [0.1, 0.15) is 11.7 Å².